The molecule has 0 bridgehead atoms. The third-order valence-corrected chi connectivity index (χ3v) is 2.57. The summed E-state index contributed by atoms with van der Waals surface area (Å²) in [5.74, 6) is -2.32. The Morgan fingerprint density at radius 1 is 1.00 bits per heavy atom. The van der Waals surface area contributed by atoms with Crippen LogP contribution in [0.1, 0.15) is 5.56 Å². The summed E-state index contributed by atoms with van der Waals surface area (Å²) >= 11 is 0. The maximum Gasteiger partial charge on any atom is 0.573 e. The van der Waals surface area contributed by atoms with E-state index < -0.39 is 23.7 Å². The first kappa shape index (κ1) is 14.8. The molecular formula is C14H6F5NO. The van der Waals surface area contributed by atoms with Crippen LogP contribution in [0.5, 0.6) is 5.75 Å². The zero-order chi connectivity index (χ0) is 15.6. The largest absolute Gasteiger partial charge is 0.573 e. The van der Waals surface area contributed by atoms with Gasteiger partial charge in [0.15, 0.2) is 0 Å². The lowest BCUT2D eigenvalue weighted by molar-refractivity contribution is -0.274. The number of hydrogen-bond acceptors (Lipinski definition) is 2. The molecule has 2 nitrogen and oxygen atoms in total. The Hall–Kier alpha value is -2.62. The van der Waals surface area contributed by atoms with E-state index >= 15 is 0 Å². The Labute approximate surface area is 116 Å². The van der Waals surface area contributed by atoms with Gasteiger partial charge in [0.25, 0.3) is 0 Å². The van der Waals surface area contributed by atoms with Crippen LogP contribution in [0.25, 0.3) is 11.1 Å². The molecule has 0 radical (unpaired) electrons. The van der Waals surface area contributed by atoms with E-state index in [1.165, 1.54) is 12.1 Å². The number of hydrogen-bond donors (Lipinski definition) is 0. The van der Waals surface area contributed by atoms with Gasteiger partial charge < -0.3 is 4.74 Å². The molecule has 0 N–H and O–H groups in total. The Kier molecular flexibility index (Phi) is 3.80. The molecule has 0 aliphatic heterocycles. The highest BCUT2D eigenvalue weighted by molar-refractivity contribution is 5.68. The summed E-state index contributed by atoms with van der Waals surface area (Å²) in [5.41, 5.74) is -0.635. The van der Waals surface area contributed by atoms with Gasteiger partial charge in [0.1, 0.15) is 23.5 Å². The highest BCUT2D eigenvalue weighted by atomic mass is 19.4. The number of nitrogens with zero attached hydrogens (tertiary/aromatic N) is 1. The number of benzene rings is 2. The van der Waals surface area contributed by atoms with Crippen LogP contribution in [-0.4, -0.2) is 6.36 Å². The van der Waals surface area contributed by atoms with E-state index in [1.807, 2.05) is 0 Å². The van der Waals surface area contributed by atoms with Crippen molar-refractivity contribution in [3.63, 3.8) is 0 Å². The first-order valence-corrected chi connectivity index (χ1v) is 5.55. The predicted octanol–water partition coefficient (Wildman–Crippen LogP) is 4.40. The van der Waals surface area contributed by atoms with E-state index in [0.29, 0.717) is 0 Å². The monoisotopic (exact) mass is 299 g/mol. The van der Waals surface area contributed by atoms with Crippen molar-refractivity contribution in [2.75, 3.05) is 0 Å². The minimum atomic E-state index is -5.00. The number of alkyl halides is 3. The van der Waals surface area contributed by atoms with E-state index in [9.17, 15) is 22.0 Å². The SMILES string of the molecule is N#Cc1ccc(-c2cc(F)ccc2F)cc1OC(F)(F)F. The van der Waals surface area contributed by atoms with E-state index in [4.69, 9.17) is 5.26 Å². The summed E-state index contributed by atoms with van der Waals surface area (Å²) in [4.78, 5) is 0. The lowest BCUT2D eigenvalue weighted by atomic mass is 10.0. The van der Waals surface area contributed by atoms with Gasteiger partial charge in [0.2, 0.25) is 0 Å². The molecule has 0 aliphatic rings. The maximum atomic E-state index is 13.6. The van der Waals surface area contributed by atoms with E-state index in [0.717, 1.165) is 30.3 Å². The van der Waals surface area contributed by atoms with E-state index in [2.05, 4.69) is 4.74 Å². The highest BCUT2D eigenvalue weighted by Gasteiger charge is 2.32. The van der Waals surface area contributed by atoms with Crippen LogP contribution >= 0.6 is 0 Å². The second kappa shape index (κ2) is 5.40. The van der Waals surface area contributed by atoms with Gasteiger partial charge in [-0.3, -0.25) is 0 Å². The van der Waals surface area contributed by atoms with Crippen LogP contribution in [0.15, 0.2) is 36.4 Å². The van der Waals surface area contributed by atoms with Crippen molar-refractivity contribution in [1.82, 2.24) is 0 Å². The first-order chi connectivity index (χ1) is 9.80. The number of nitriles is 1. The Balaban J connectivity index is 2.54. The topological polar surface area (TPSA) is 33.0 Å². The van der Waals surface area contributed by atoms with Gasteiger partial charge in [0, 0.05) is 5.56 Å². The summed E-state index contributed by atoms with van der Waals surface area (Å²) in [6.45, 7) is 0. The summed E-state index contributed by atoms with van der Waals surface area (Å²) in [7, 11) is 0. The van der Waals surface area contributed by atoms with Crippen LogP contribution < -0.4 is 4.74 Å². The van der Waals surface area contributed by atoms with Crippen molar-refractivity contribution in [2.45, 2.75) is 6.36 Å². The molecule has 0 unspecified atom stereocenters. The van der Waals surface area contributed by atoms with Gasteiger partial charge in [-0.15, -0.1) is 13.2 Å². The van der Waals surface area contributed by atoms with Crippen LogP contribution in [0.4, 0.5) is 22.0 Å². The normalized spacial score (nSPS) is 11.0. The zero-order valence-electron chi connectivity index (χ0n) is 10.2. The number of ether oxygens (including phenoxy) is 1. The summed E-state index contributed by atoms with van der Waals surface area (Å²) in [6, 6.07) is 7.20. The summed E-state index contributed by atoms with van der Waals surface area (Å²) in [5, 5.41) is 8.74. The second-order valence-corrected chi connectivity index (χ2v) is 3.99. The van der Waals surface area contributed by atoms with Gasteiger partial charge >= 0.3 is 6.36 Å². The van der Waals surface area contributed by atoms with Gasteiger partial charge in [-0.1, -0.05) is 6.07 Å². The van der Waals surface area contributed by atoms with Crippen molar-refractivity contribution in [3.05, 3.63) is 53.6 Å². The summed E-state index contributed by atoms with van der Waals surface area (Å²) < 4.78 is 67.3. The minimum Gasteiger partial charge on any atom is -0.404 e. The smallest absolute Gasteiger partial charge is 0.404 e. The molecule has 0 saturated heterocycles. The maximum absolute atomic E-state index is 13.6. The lowest BCUT2D eigenvalue weighted by Crippen LogP contribution is -2.17. The second-order valence-electron chi connectivity index (χ2n) is 3.99. The van der Waals surface area contributed by atoms with Crippen LogP contribution in [0, 0.1) is 23.0 Å². The number of rotatable bonds is 2. The standard InChI is InChI=1S/C14H6F5NO/c15-10-3-4-12(16)11(6-10)8-1-2-9(7-20)13(5-8)21-14(17,18)19/h1-6H. The van der Waals surface area contributed by atoms with Crippen molar-refractivity contribution >= 4 is 0 Å². The van der Waals surface area contributed by atoms with Crippen LogP contribution in [0.2, 0.25) is 0 Å². The summed E-state index contributed by atoms with van der Waals surface area (Å²) in [6.07, 6.45) is -5.00. The molecule has 0 amide bonds. The third-order valence-electron chi connectivity index (χ3n) is 2.57. The van der Waals surface area contributed by atoms with Crippen molar-refractivity contribution in [2.24, 2.45) is 0 Å². The minimum absolute atomic E-state index is 0.0368. The van der Waals surface area contributed by atoms with E-state index in [-0.39, 0.29) is 16.7 Å². The van der Waals surface area contributed by atoms with Gasteiger partial charge in [-0.2, -0.15) is 5.26 Å². The average molecular weight is 299 g/mol. The highest BCUT2D eigenvalue weighted by Crippen LogP contribution is 2.32. The fourth-order valence-corrected chi connectivity index (χ4v) is 1.71. The predicted molar refractivity (Wildman–Crippen MR) is 63.2 cm³/mol. The molecule has 0 spiro atoms. The van der Waals surface area contributed by atoms with Crippen molar-refractivity contribution in [3.8, 4) is 22.9 Å². The Morgan fingerprint density at radius 3 is 2.33 bits per heavy atom. The molecule has 0 fully saturated rings. The average Bonchev–Trinajstić information content (AvgIpc) is 2.39. The van der Waals surface area contributed by atoms with Gasteiger partial charge in [0.05, 0.1) is 5.56 Å². The molecule has 0 aromatic heterocycles. The fourth-order valence-electron chi connectivity index (χ4n) is 1.71. The molecule has 0 saturated carbocycles. The van der Waals surface area contributed by atoms with Crippen LogP contribution in [-0.2, 0) is 0 Å². The molecule has 2 rings (SSSR count). The fraction of sp³-hybridized carbons (Fsp3) is 0.0714. The Morgan fingerprint density at radius 2 is 1.71 bits per heavy atom. The molecular weight excluding hydrogens is 293 g/mol. The third kappa shape index (κ3) is 3.48. The van der Waals surface area contributed by atoms with Crippen molar-refractivity contribution < 1.29 is 26.7 Å². The molecule has 2 aromatic rings. The van der Waals surface area contributed by atoms with Gasteiger partial charge in [-0.25, -0.2) is 8.78 Å². The van der Waals surface area contributed by atoms with Crippen LogP contribution in [0.3, 0.4) is 0 Å². The molecule has 7 heteroatoms. The molecule has 2 aromatic carbocycles. The molecule has 108 valence electrons. The first-order valence-electron chi connectivity index (χ1n) is 5.55. The zero-order valence-corrected chi connectivity index (χ0v) is 10.2. The molecule has 0 atom stereocenters. The molecule has 0 heterocycles. The Bertz CT molecular complexity index is 718. The number of halogens is 5. The lowest BCUT2D eigenvalue weighted by Gasteiger charge is -2.12. The quantitative estimate of drug-likeness (QED) is 0.770. The van der Waals surface area contributed by atoms with E-state index in [1.54, 1.807) is 0 Å². The molecule has 21 heavy (non-hydrogen) atoms. The molecule has 0 aliphatic carbocycles. The van der Waals surface area contributed by atoms with Crippen molar-refractivity contribution in [1.29, 1.82) is 5.26 Å². The van der Waals surface area contributed by atoms with Gasteiger partial charge in [-0.05, 0) is 35.9 Å².